The second-order valence-electron chi connectivity index (χ2n) is 5.32. The summed E-state index contributed by atoms with van der Waals surface area (Å²) in [4.78, 5) is 10.2. The van der Waals surface area contributed by atoms with Gasteiger partial charge in [-0.05, 0) is 32.6 Å². The normalized spacial score (nSPS) is 14.4. The van der Waals surface area contributed by atoms with Gasteiger partial charge in [0.1, 0.15) is 0 Å². The maximum Gasteiger partial charge on any atom is 0.328 e. The fraction of sp³-hybridized carbons (Fsp3) is 0.667. The van der Waals surface area contributed by atoms with Crippen molar-refractivity contribution < 1.29 is 14.6 Å². The summed E-state index contributed by atoms with van der Waals surface area (Å²) in [7, 11) is 1.75. The van der Waals surface area contributed by atoms with E-state index in [2.05, 4.69) is 20.8 Å². The molecule has 1 unspecified atom stereocenters. The fourth-order valence-electron chi connectivity index (χ4n) is 1.62. The van der Waals surface area contributed by atoms with Crippen molar-refractivity contribution in [1.29, 1.82) is 0 Å². The maximum absolute atomic E-state index is 10.2. The molecule has 0 aliphatic rings. The fourth-order valence-corrected chi connectivity index (χ4v) is 1.62. The summed E-state index contributed by atoms with van der Waals surface area (Å²) in [5.74, 6) is -0.290. The first-order valence-electron chi connectivity index (χ1n) is 6.48. The molecule has 0 aromatic heterocycles. The molecule has 18 heavy (non-hydrogen) atoms. The Labute approximate surface area is 111 Å². The largest absolute Gasteiger partial charge is 0.478 e. The molecule has 0 aliphatic carbocycles. The van der Waals surface area contributed by atoms with Crippen LogP contribution in [0, 0.1) is 5.92 Å². The molecule has 0 spiro atoms. The lowest BCUT2D eigenvalue weighted by molar-refractivity contribution is -0.131. The molecule has 0 amide bonds. The van der Waals surface area contributed by atoms with E-state index in [0.717, 1.165) is 25.3 Å². The number of allylic oxidation sites excluding steroid dienone is 3. The molecule has 0 radical (unpaired) electrons. The van der Waals surface area contributed by atoms with Crippen molar-refractivity contribution in [3.05, 3.63) is 24.3 Å². The average Bonchev–Trinajstić information content (AvgIpc) is 2.28. The van der Waals surface area contributed by atoms with Crippen LogP contribution in [0.25, 0.3) is 0 Å². The van der Waals surface area contributed by atoms with Crippen molar-refractivity contribution >= 4 is 5.97 Å². The SMILES string of the molecule is COC(C)(C)CCCC(C)CC=CC=CC(=O)O. The first kappa shape index (κ1) is 16.9. The van der Waals surface area contributed by atoms with Gasteiger partial charge < -0.3 is 9.84 Å². The number of hydrogen-bond donors (Lipinski definition) is 1. The monoisotopic (exact) mass is 254 g/mol. The Morgan fingerprint density at radius 2 is 2.06 bits per heavy atom. The van der Waals surface area contributed by atoms with Crippen LogP contribution in [-0.4, -0.2) is 23.8 Å². The molecule has 104 valence electrons. The Hall–Kier alpha value is -1.09. The van der Waals surface area contributed by atoms with E-state index in [9.17, 15) is 4.79 Å². The number of carboxylic acid groups (broad SMARTS) is 1. The predicted molar refractivity (Wildman–Crippen MR) is 74.6 cm³/mol. The van der Waals surface area contributed by atoms with Crippen molar-refractivity contribution in [2.75, 3.05) is 7.11 Å². The van der Waals surface area contributed by atoms with Crippen molar-refractivity contribution in [3.8, 4) is 0 Å². The van der Waals surface area contributed by atoms with E-state index in [4.69, 9.17) is 9.84 Å². The zero-order chi connectivity index (χ0) is 14.0. The second-order valence-corrected chi connectivity index (χ2v) is 5.32. The molecule has 0 bridgehead atoms. The lowest BCUT2D eigenvalue weighted by atomic mass is 9.95. The van der Waals surface area contributed by atoms with Gasteiger partial charge in [-0.2, -0.15) is 0 Å². The summed E-state index contributed by atoms with van der Waals surface area (Å²) in [6, 6.07) is 0. The lowest BCUT2D eigenvalue weighted by Crippen LogP contribution is -2.22. The van der Waals surface area contributed by atoms with Crippen LogP contribution in [0.3, 0.4) is 0 Å². The molecule has 3 heteroatoms. The molecular formula is C15H26O3. The van der Waals surface area contributed by atoms with E-state index < -0.39 is 5.97 Å². The number of aliphatic carboxylic acids is 1. The first-order valence-corrected chi connectivity index (χ1v) is 6.48. The van der Waals surface area contributed by atoms with Gasteiger partial charge in [-0.25, -0.2) is 4.79 Å². The molecule has 0 fully saturated rings. The highest BCUT2D eigenvalue weighted by Crippen LogP contribution is 2.20. The molecule has 0 aromatic rings. The summed E-state index contributed by atoms with van der Waals surface area (Å²) >= 11 is 0. The molecule has 0 aromatic carbocycles. The summed E-state index contributed by atoms with van der Waals surface area (Å²) in [6.07, 6.45) is 10.9. The van der Waals surface area contributed by atoms with Gasteiger partial charge in [-0.3, -0.25) is 0 Å². The van der Waals surface area contributed by atoms with E-state index in [0.29, 0.717) is 5.92 Å². The minimum absolute atomic E-state index is 0.0280. The smallest absolute Gasteiger partial charge is 0.328 e. The van der Waals surface area contributed by atoms with Crippen LogP contribution in [0.2, 0.25) is 0 Å². The van der Waals surface area contributed by atoms with E-state index in [1.54, 1.807) is 19.3 Å². The van der Waals surface area contributed by atoms with Gasteiger partial charge in [-0.15, -0.1) is 0 Å². The Morgan fingerprint density at radius 3 is 2.61 bits per heavy atom. The first-order chi connectivity index (χ1) is 8.37. The van der Waals surface area contributed by atoms with Crippen LogP contribution in [-0.2, 0) is 9.53 Å². The van der Waals surface area contributed by atoms with Crippen LogP contribution in [0.1, 0.15) is 46.5 Å². The summed E-state index contributed by atoms with van der Waals surface area (Å²) < 4.78 is 5.38. The van der Waals surface area contributed by atoms with Crippen molar-refractivity contribution in [3.63, 3.8) is 0 Å². The van der Waals surface area contributed by atoms with E-state index in [-0.39, 0.29) is 5.60 Å². The van der Waals surface area contributed by atoms with E-state index in [1.807, 2.05) is 6.08 Å². The zero-order valence-electron chi connectivity index (χ0n) is 12.0. The molecule has 1 atom stereocenters. The van der Waals surface area contributed by atoms with Gasteiger partial charge in [-0.1, -0.05) is 38.0 Å². The minimum Gasteiger partial charge on any atom is -0.478 e. The Balaban J connectivity index is 3.72. The molecule has 1 N–H and O–H groups in total. The van der Waals surface area contributed by atoms with E-state index >= 15 is 0 Å². The van der Waals surface area contributed by atoms with Gasteiger partial charge in [0.2, 0.25) is 0 Å². The van der Waals surface area contributed by atoms with Crippen molar-refractivity contribution in [1.82, 2.24) is 0 Å². The molecule has 0 saturated carbocycles. The molecule has 0 heterocycles. The molecule has 0 rings (SSSR count). The third kappa shape index (κ3) is 10.1. The van der Waals surface area contributed by atoms with Crippen LogP contribution in [0.5, 0.6) is 0 Å². The highest BCUT2D eigenvalue weighted by Gasteiger charge is 2.15. The number of rotatable bonds is 9. The number of ether oxygens (including phenoxy) is 1. The quantitative estimate of drug-likeness (QED) is 0.503. The summed E-state index contributed by atoms with van der Waals surface area (Å²) in [5, 5.41) is 8.41. The Morgan fingerprint density at radius 1 is 1.39 bits per heavy atom. The molecular weight excluding hydrogens is 228 g/mol. The molecule has 0 aliphatic heterocycles. The third-order valence-electron chi connectivity index (χ3n) is 3.05. The summed E-state index contributed by atoms with van der Waals surface area (Å²) in [6.45, 7) is 6.42. The number of hydrogen-bond acceptors (Lipinski definition) is 2. The standard InChI is InChI=1S/C15H26O3/c1-13(9-6-5-7-11-14(16)17)10-8-12-15(2,3)18-4/h5-7,11,13H,8-10,12H2,1-4H3,(H,16,17). The van der Waals surface area contributed by atoms with Gasteiger partial charge in [0.05, 0.1) is 5.60 Å². The zero-order valence-corrected chi connectivity index (χ0v) is 12.0. The van der Waals surface area contributed by atoms with Crippen LogP contribution >= 0.6 is 0 Å². The summed E-state index contributed by atoms with van der Waals surface area (Å²) in [5.41, 5.74) is -0.0280. The highest BCUT2D eigenvalue weighted by molar-refractivity contribution is 5.80. The Kier molecular flexibility index (Phi) is 8.38. The van der Waals surface area contributed by atoms with E-state index in [1.165, 1.54) is 6.42 Å². The van der Waals surface area contributed by atoms with Crippen LogP contribution in [0.4, 0.5) is 0 Å². The van der Waals surface area contributed by atoms with Crippen molar-refractivity contribution in [2.45, 2.75) is 52.1 Å². The average molecular weight is 254 g/mol. The van der Waals surface area contributed by atoms with Crippen LogP contribution < -0.4 is 0 Å². The molecule has 0 saturated heterocycles. The Bertz CT molecular complexity index is 290. The number of carboxylic acids is 1. The number of carbonyl (C=O) groups is 1. The maximum atomic E-state index is 10.2. The highest BCUT2D eigenvalue weighted by atomic mass is 16.5. The van der Waals surface area contributed by atoms with Crippen LogP contribution in [0.15, 0.2) is 24.3 Å². The predicted octanol–water partition coefficient (Wildman–Crippen LogP) is 3.80. The van der Waals surface area contributed by atoms with Gasteiger partial charge in [0.25, 0.3) is 0 Å². The minimum atomic E-state index is -0.908. The molecule has 3 nitrogen and oxygen atoms in total. The van der Waals surface area contributed by atoms with Gasteiger partial charge in [0, 0.05) is 13.2 Å². The second kappa shape index (κ2) is 8.92. The third-order valence-corrected chi connectivity index (χ3v) is 3.05. The number of methoxy groups -OCH3 is 1. The topological polar surface area (TPSA) is 46.5 Å². The lowest BCUT2D eigenvalue weighted by Gasteiger charge is -2.23. The van der Waals surface area contributed by atoms with Gasteiger partial charge >= 0.3 is 5.97 Å². The van der Waals surface area contributed by atoms with Crippen molar-refractivity contribution in [2.24, 2.45) is 5.92 Å². The van der Waals surface area contributed by atoms with Gasteiger partial charge in [0.15, 0.2) is 0 Å².